The molecule has 22 heavy (non-hydrogen) atoms. The topological polar surface area (TPSA) is 70.4 Å². The molecule has 6 nitrogen and oxygen atoms in total. The van der Waals surface area contributed by atoms with E-state index in [9.17, 15) is 9.59 Å². The number of methoxy groups -OCH3 is 2. The van der Waals surface area contributed by atoms with Gasteiger partial charge in [0.2, 0.25) is 0 Å². The molecule has 0 saturated carbocycles. The zero-order valence-electron chi connectivity index (χ0n) is 12.7. The summed E-state index contributed by atoms with van der Waals surface area (Å²) in [6, 6.07) is 7.15. The van der Waals surface area contributed by atoms with Crippen molar-refractivity contribution in [3.8, 4) is 0 Å². The number of thioether (sulfide) groups is 1. The molecule has 118 valence electrons. The van der Waals surface area contributed by atoms with Crippen molar-refractivity contribution in [2.45, 2.75) is 23.9 Å². The van der Waals surface area contributed by atoms with Gasteiger partial charge >= 0.3 is 5.97 Å². The maximum absolute atomic E-state index is 12.6. The van der Waals surface area contributed by atoms with Gasteiger partial charge in [0, 0.05) is 7.11 Å². The summed E-state index contributed by atoms with van der Waals surface area (Å²) in [6.07, 6.45) is 0. The number of ether oxygens (including phenoxy) is 2. The number of hydrogen-bond acceptors (Lipinski definition) is 6. The van der Waals surface area contributed by atoms with Crippen molar-refractivity contribution < 1.29 is 14.3 Å². The van der Waals surface area contributed by atoms with Crippen molar-refractivity contribution in [1.82, 2.24) is 9.55 Å². The van der Waals surface area contributed by atoms with Crippen LogP contribution >= 0.6 is 11.8 Å². The summed E-state index contributed by atoms with van der Waals surface area (Å²) in [5.74, 6) is -0.356. The van der Waals surface area contributed by atoms with Crippen LogP contribution < -0.4 is 5.56 Å². The third-order valence-electron chi connectivity index (χ3n) is 3.16. The lowest BCUT2D eigenvalue weighted by Crippen LogP contribution is -2.26. The minimum absolute atomic E-state index is 0.137. The van der Waals surface area contributed by atoms with Gasteiger partial charge in [-0.2, -0.15) is 0 Å². The summed E-state index contributed by atoms with van der Waals surface area (Å²) in [6.45, 7) is 2.49. The highest BCUT2D eigenvalue weighted by atomic mass is 32.2. The lowest BCUT2D eigenvalue weighted by Gasteiger charge is -2.15. The van der Waals surface area contributed by atoms with Gasteiger partial charge in [-0.15, -0.1) is 0 Å². The number of carbonyl (C=O) groups is 1. The third-order valence-corrected chi connectivity index (χ3v) is 4.23. The van der Waals surface area contributed by atoms with Gasteiger partial charge in [0.1, 0.15) is 5.25 Å². The van der Waals surface area contributed by atoms with Gasteiger partial charge in [-0.05, 0) is 19.1 Å². The zero-order chi connectivity index (χ0) is 16.1. The molecule has 0 saturated heterocycles. The number of nitrogens with zero attached hydrogens (tertiary/aromatic N) is 2. The number of fused-ring (bicyclic) bond motifs is 1. The standard InChI is InChI=1S/C15H18N2O4S/c1-10(14(19)21-3)22-15-16-12-7-5-4-6-11(12)13(18)17(15)8-9-20-2/h4-7,10H,8-9H2,1-3H3/t10-/m0/s1. The van der Waals surface area contributed by atoms with E-state index in [1.54, 1.807) is 32.2 Å². The molecule has 0 N–H and O–H groups in total. The average molecular weight is 322 g/mol. The maximum atomic E-state index is 12.6. The van der Waals surface area contributed by atoms with Crippen molar-refractivity contribution in [2.75, 3.05) is 20.8 Å². The molecule has 0 unspecified atom stereocenters. The fourth-order valence-corrected chi connectivity index (χ4v) is 2.95. The first-order chi connectivity index (χ1) is 10.6. The van der Waals surface area contributed by atoms with Crippen LogP contribution in [0.1, 0.15) is 6.92 Å². The van der Waals surface area contributed by atoms with Gasteiger partial charge in [-0.25, -0.2) is 4.98 Å². The van der Waals surface area contributed by atoms with Crippen LogP contribution in [-0.2, 0) is 20.8 Å². The van der Waals surface area contributed by atoms with E-state index in [4.69, 9.17) is 9.47 Å². The predicted octanol–water partition coefficient (Wildman–Crippen LogP) is 1.70. The van der Waals surface area contributed by atoms with Gasteiger partial charge < -0.3 is 9.47 Å². The van der Waals surface area contributed by atoms with E-state index in [2.05, 4.69) is 4.98 Å². The monoisotopic (exact) mass is 322 g/mol. The fourth-order valence-electron chi connectivity index (χ4n) is 1.99. The maximum Gasteiger partial charge on any atom is 0.318 e. The Morgan fingerprint density at radius 2 is 2.09 bits per heavy atom. The summed E-state index contributed by atoms with van der Waals surface area (Å²) in [7, 11) is 2.91. The third kappa shape index (κ3) is 3.48. The Kier molecular flexibility index (Phi) is 5.57. The number of benzene rings is 1. The fraction of sp³-hybridized carbons (Fsp3) is 0.400. The van der Waals surface area contributed by atoms with E-state index >= 15 is 0 Å². The normalized spacial score (nSPS) is 12.3. The van der Waals surface area contributed by atoms with Crippen molar-refractivity contribution in [3.63, 3.8) is 0 Å². The van der Waals surface area contributed by atoms with Gasteiger partial charge in [0.25, 0.3) is 5.56 Å². The molecule has 0 aliphatic carbocycles. The van der Waals surface area contributed by atoms with Crippen molar-refractivity contribution in [2.24, 2.45) is 0 Å². The largest absolute Gasteiger partial charge is 0.468 e. The molecule has 1 heterocycles. The molecule has 1 aromatic carbocycles. The molecule has 0 bridgehead atoms. The molecule has 7 heteroatoms. The number of para-hydroxylation sites is 1. The van der Waals surface area contributed by atoms with Crippen LogP contribution in [-0.4, -0.2) is 41.6 Å². The first-order valence-corrected chi connectivity index (χ1v) is 7.69. The lowest BCUT2D eigenvalue weighted by molar-refractivity contribution is -0.139. The second-order valence-corrected chi connectivity index (χ2v) is 5.95. The molecule has 0 spiro atoms. The van der Waals surface area contributed by atoms with E-state index in [1.807, 2.05) is 6.07 Å². The summed E-state index contributed by atoms with van der Waals surface area (Å²) in [4.78, 5) is 28.7. The molecule has 0 aliphatic rings. The predicted molar refractivity (Wildman–Crippen MR) is 85.2 cm³/mol. The van der Waals surface area contributed by atoms with Crippen LogP contribution in [0.4, 0.5) is 0 Å². The Labute approximate surface area is 132 Å². The lowest BCUT2D eigenvalue weighted by atomic mass is 10.2. The van der Waals surface area contributed by atoms with Crippen molar-refractivity contribution >= 4 is 28.6 Å². The van der Waals surface area contributed by atoms with Gasteiger partial charge in [0.05, 0.1) is 31.2 Å². The molecule has 0 radical (unpaired) electrons. The Morgan fingerprint density at radius 1 is 1.36 bits per heavy atom. The molecule has 2 rings (SSSR count). The highest BCUT2D eigenvalue weighted by Crippen LogP contribution is 2.23. The molecule has 1 atom stereocenters. The van der Waals surface area contributed by atoms with Crippen LogP contribution in [0.3, 0.4) is 0 Å². The van der Waals surface area contributed by atoms with E-state index in [1.165, 1.54) is 23.4 Å². The smallest absolute Gasteiger partial charge is 0.318 e. The molecule has 0 aliphatic heterocycles. The van der Waals surface area contributed by atoms with E-state index in [0.29, 0.717) is 29.2 Å². The van der Waals surface area contributed by atoms with Crippen molar-refractivity contribution in [3.05, 3.63) is 34.6 Å². The highest BCUT2D eigenvalue weighted by molar-refractivity contribution is 8.00. The first-order valence-electron chi connectivity index (χ1n) is 6.81. The van der Waals surface area contributed by atoms with Crippen LogP contribution in [0, 0.1) is 0 Å². The summed E-state index contributed by atoms with van der Waals surface area (Å²) in [5, 5.41) is 0.583. The number of aromatic nitrogens is 2. The second kappa shape index (κ2) is 7.42. The molecule has 1 aromatic heterocycles. The highest BCUT2D eigenvalue weighted by Gasteiger charge is 2.19. The molecular weight excluding hydrogens is 304 g/mol. The Hall–Kier alpha value is -1.86. The van der Waals surface area contributed by atoms with Crippen LogP contribution in [0.5, 0.6) is 0 Å². The Bertz CT molecular complexity index is 729. The van der Waals surface area contributed by atoms with Crippen LogP contribution in [0.15, 0.2) is 34.2 Å². The quantitative estimate of drug-likeness (QED) is 0.458. The Morgan fingerprint density at radius 3 is 2.77 bits per heavy atom. The SMILES string of the molecule is COCCn1c(S[C@@H](C)C(=O)OC)nc2ccccc2c1=O. The van der Waals surface area contributed by atoms with Crippen molar-refractivity contribution in [1.29, 1.82) is 0 Å². The van der Waals surface area contributed by atoms with Crippen LogP contribution in [0.2, 0.25) is 0 Å². The summed E-state index contributed by atoms with van der Waals surface area (Å²) in [5.41, 5.74) is 0.475. The average Bonchev–Trinajstić information content (AvgIpc) is 2.53. The summed E-state index contributed by atoms with van der Waals surface area (Å²) < 4.78 is 11.3. The van der Waals surface area contributed by atoms with E-state index < -0.39 is 5.25 Å². The molecular formula is C15H18N2O4S. The van der Waals surface area contributed by atoms with E-state index in [0.717, 1.165) is 0 Å². The number of esters is 1. The number of hydrogen-bond donors (Lipinski definition) is 0. The minimum Gasteiger partial charge on any atom is -0.468 e. The molecule has 0 amide bonds. The molecule has 0 fully saturated rings. The van der Waals surface area contributed by atoms with Gasteiger partial charge in [0.15, 0.2) is 5.16 Å². The summed E-state index contributed by atoms with van der Waals surface area (Å²) >= 11 is 1.20. The first kappa shape index (κ1) is 16.5. The number of carbonyl (C=O) groups excluding carboxylic acids is 1. The van der Waals surface area contributed by atoms with E-state index in [-0.39, 0.29) is 11.5 Å². The number of rotatable bonds is 6. The Balaban J connectivity index is 2.49. The van der Waals surface area contributed by atoms with Crippen LogP contribution in [0.25, 0.3) is 10.9 Å². The molecule has 2 aromatic rings. The second-order valence-electron chi connectivity index (χ2n) is 4.64. The minimum atomic E-state index is -0.452. The zero-order valence-corrected chi connectivity index (χ0v) is 13.6. The van der Waals surface area contributed by atoms with Gasteiger partial charge in [-0.3, -0.25) is 14.2 Å². The van der Waals surface area contributed by atoms with Gasteiger partial charge in [-0.1, -0.05) is 23.9 Å².